The SMILES string of the molecule is Nc1nc(CCCN2C(=O)Cn3c2ccc(N)c3=O)cs1. The second-order valence-electron chi connectivity index (χ2n) is 4.86. The predicted molar refractivity (Wildman–Crippen MR) is 82.3 cm³/mol. The average Bonchev–Trinajstić information content (AvgIpc) is 3.00. The summed E-state index contributed by atoms with van der Waals surface area (Å²) in [4.78, 5) is 29.7. The molecule has 2 aromatic heterocycles. The van der Waals surface area contributed by atoms with Gasteiger partial charge in [-0.25, -0.2) is 4.98 Å². The number of carbonyl (C=O) groups is 1. The normalized spacial score (nSPS) is 13.7. The van der Waals surface area contributed by atoms with Crippen molar-refractivity contribution >= 4 is 33.9 Å². The first-order valence-corrected chi connectivity index (χ1v) is 7.44. The van der Waals surface area contributed by atoms with E-state index in [9.17, 15) is 9.59 Å². The Bertz CT molecular complexity index is 751. The first kappa shape index (κ1) is 13.6. The minimum absolute atomic E-state index is 0.0584. The molecule has 0 aromatic carbocycles. The van der Waals surface area contributed by atoms with E-state index in [-0.39, 0.29) is 23.7 Å². The van der Waals surface area contributed by atoms with E-state index in [0.717, 1.165) is 18.5 Å². The van der Waals surface area contributed by atoms with Gasteiger partial charge in [-0.2, -0.15) is 0 Å². The number of nitrogen functional groups attached to an aromatic ring is 2. The molecule has 3 rings (SSSR count). The maximum Gasteiger partial charge on any atom is 0.275 e. The smallest absolute Gasteiger partial charge is 0.275 e. The van der Waals surface area contributed by atoms with E-state index in [2.05, 4.69) is 4.98 Å². The fraction of sp³-hybridized carbons (Fsp3) is 0.308. The minimum Gasteiger partial charge on any atom is -0.394 e. The summed E-state index contributed by atoms with van der Waals surface area (Å²) in [6.45, 7) is 0.600. The number of pyridine rings is 1. The molecule has 1 aliphatic rings. The molecule has 0 unspecified atom stereocenters. The number of amides is 1. The molecule has 1 aliphatic heterocycles. The molecular weight excluding hydrogens is 290 g/mol. The summed E-state index contributed by atoms with van der Waals surface area (Å²) in [6.07, 6.45) is 1.50. The van der Waals surface area contributed by atoms with E-state index in [1.165, 1.54) is 15.9 Å². The number of thiazole rings is 1. The highest BCUT2D eigenvalue weighted by Gasteiger charge is 2.27. The third kappa shape index (κ3) is 2.49. The van der Waals surface area contributed by atoms with Crippen LogP contribution in [0.3, 0.4) is 0 Å². The van der Waals surface area contributed by atoms with E-state index in [4.69, 9.17) is 11.5 Å². The van der Waals surface area contributed by atoms with E-state index in [1.54, 1.807) is 17.0 Å². The molecule has 0 atom stereocenters. The van der Waals surface area contributed by atoms with Gasteiger partial charge in [-0.05, 0) is 25.0 Å². The summed E-state index contributed by atoms with van der Waals surface area (Å²) in [7, 11) is 0. The van der Waals surface area contributed by atoms with Crippen molar-refractivity contribution < 1.29 is 4.79 Å². The summed E-state index contributed by atoms with van der Waals surface area (Å²) >= 11 is 1.41. The van der Waals surface area contributed by atoms with Crippen LogP contribution >= 0.6 is 11.3 Å². The van der Waals surface area contributed by atoms with Crippen LogP contribution in [0.15, 0.2) is 22.3 Å². The predicted octanol–water partition coefficient (Wildman–Crippen LogP) is 0.449. The van der Waals surface area contributed by atoms with Crippen LogP contribution in [0.1, 0.15) is 12.1 Å². The second-order valence-corrected chi connectivity index (χ2v) is 5.75. The zero-order valence-corrected chi connectivity index (χ0v) is 12.1. The van der Waals surface area contributed by atoms with Crippen LogP contribution in [0.4, 0.5) is 16.6 Å². The van der Waals surface area contributed by atoms with Gasteiger partial charge in [0, 0.05) is 11.9 Å². The number of rotatable bonds is 4. The maximum atomic E-state index is 12.0. The zero-order chi connectivity index (χ0) is 15.0. The van der Waals surface area contributed by atoms with Crippen LogP contribution in [0.2, 0.25) is 0 Å². The van der Waals surface area contributed by atoms with Gasteiger partial charge in [0.25, 0.3) is 5.56 Å². The molecule has 21 heavy (non-hydrogen) atoms. The van der Waals surface area contributed by atoms with E-state index >= 15 is 0 Å². The van der Waals surface area contributed by atoms with Crippen molar-refractivity contribution in [3.8, 4) is 0 Å². The van der Waals surface area contributed by atoms with Crippen molar-refractivity contribution in [1.82, 2.24) is 9.55 Å². The summed E-state index contributed by atoms with van der Waals surface area (Å²) in [5.41, 5.74) is 11.9. The molecule has 0 saturated carbocycles. The highest BCUT2D eigenvalue weighted by Crippen LogP contribution is 2.21. The van der Waals surface area contributed by atoms with Crippen LogP contribution in [-0.2, 0) is 17.8 Å². The molecule has 0 bridgehead atoms. The van der Waals surface area contributed by atoms with Crippen molar-refractivity contribution in [1.29, 1.82) is 0 Å². The number of hydrogen-bond donors (Lipinski definition) is 2. The van der Waals surface area contributed by atoms with Crippen molar-refractivity contribution in [2.24, 2.45) is 0 Å². The lowest BCUT2D eigenvalue weighted by Crippen LogP contribution is -2.28. The number of hydrogen-bond acceptors (Lipinski definition) is 6. The molecule has 7 nitrogen and oxygen atoms in total. The average molecular weight is 305 g/mol. The van der Waals surface area contributed by atoms with Gasteiger partial charge < -0.3 is 11.5 Å². The van der Waals surface area contributed by atoms with Gasteiger partial charge >= 0.3 is 0 Å². The molecule has 8 heteroatoms. The van der Waals surface area contributed by atoms with Crippen molar-refractivity contribution in [2.75, 3.05) is 22.9 Å². The Morgan fingerprint density at radius 2 is 2.10 bits per heavy atom. The van der Waals surface area contributed by atoms with Crippen molar-refractivity contribution in [3.63, 3.8) is 0 Å². The van der Waals surface area contributed by atoms with Crippen LogP contribution in [0.25, 0.3) is 0 Å². The van der Waals surface area contributed by atoms with Gasteiger partial charge in [0.1, 0.15) is 12.4 Å². The molecule has 2 aromatic rings. The molecule has 3 heterocycles. The van der Waals surface area contributed by atoms with Crippen LogP contribution in [0, 0.1) is 0 Å². The first-order chi connectivity index (χ1) is 10.1. The standard InChI is InChI=1S/C13H15N5O2S/c14-9-3-4-10-17(11(19)6-18(10)12(9)20)5-1-2-8-7-21-13(15)16-8/h3-4,7H,1-2,5-6,14H2,(H2,15,16). The molecule has 0 spiro atoms. The fourth-order valence-corrected chi connectivity index (χ4v) is 3.01. The molecule has 0 radical (unpaired) electrons. The van der Waals surface area contributed by atoms with Crippen molar-refractivity contribution in [3.05, 3.63) is 33.6 Å². The van der Waals surface area contributed by atoms with Gasteiger partial charge in [0.2, 0.25) is 5.91 Å². The Labute approximate surface area is 124 Å². The largest absolute Gasteiger partial charge is 0.394 e. The van der Waals surface area contributed by atoms with Crippen LogP contribution in [0.5, 0.6) is 0 Å². The highest BCUT2D eigenvalue weighted by atomic mass is 32.1. The maximum absolute atomic E-state index is 12.0. The quantitative estimate of drug-likeness (QED) is 0.852. The van der Waals surface area contributed by atoms with Gasteiger partial charge in [-0.15, -0.1) is 11.3 Å². The Morgan fingerprint density at radius 3 is 2.81 bits per heavy atom. The van der Waals surface area contributed by atoms with E-state index in [1.807, 2.05) is 5.38 Å². The number of nitrogens with zero attached hydrogens (tertiary/aromatic N) is 3. The number of carbonyl (C=O) groups excluding carboxylic acids is 1. The summed E-state index contributed by atoms with van der Waals surface area (Å²) in [6, 6.07) is 3.25. The van der Waals surface area contributed by atoms with Crippen molar-refractivity contribution in [2.45, 2.75) is 19.4 Å². The van der Waals surface area contributed by atoms with E-state index in [0.29, 0.717) is 17.5 Å². The third-order valence-corrected chi connectivity index (χ3v) is 4.16. The minimum atomic E-state index is -0.310. The highest BCUT2D eigenvalue weighted by molar-refractivity contribution is 7.13. The Hall–Kier alpha value is -2.35. The number of anilines is 3. The second kappa shape index (κ2) is 5.21. The molecular formula is C13H15N5O2S. The van der Waals surface area contributed by atoms with Crippen LogP contribution in [-0.4, -0.2) is 22.0 Å². The topological polar surface area (TPSA) is 107 Å². The Kier molecular flexibility index (Phi) is 3.38. The zero-order valence-electron chi connectivity index (χ0n) is 11.3. The lowest BCUT2D eigenvalue weighted by Gasteiger charge is -2.16. The first-order valence-electron chi connectivity index (χ1n) is 6.56. The summed E-state index contributed by atoms with van der Waals surface area (Å²) in [5, 5.41) is 2.47. The number of fused-ring (bicyclic) bond motifs is 1. The lowest BCUT2D eigenvalue weighted by atomic mass is 10.2. The lowest BCUT2D eigenvalue weighted by molar-refractivity contribution is -0.118. The van der Waals surface area contributed by atoms with Gasteiger partial charge in [0.15, 0.2) is 5.13 Å². The molecule has 110 valence electrons. The van der Waals surface area contributed by atoms with Gasteiger partial charge in [-0.1, -0.05) is 0 Å². The summed E-state index contributed by atoms with van der Waals surface area (Å²) < 4.78 is 1.42. The molecule has 0 aliphatic carbocycles. The number of aromatic nitrogens is 2. The third-order valence-electron chi connectivity index (χ3n) is 3.44. The fourth-order valence-electron chi connectivity index (χ4n) is 2.42. The molecule has 0 saturated heterocycles. The van der Waals surface area contributed by atoms with Crippen LogP contribution < -0.4 is 21.9 Å². The van der Waals surface area contributed by atoms with Gasteiger partial charge in [-0.3, -0.25) is 19.1 Å². The monoisotopic (exact) mass is 305 g/mol. The number of aryl methyl sites for hydroxylation is 1. The summed E-state index contributed by atoms with van der Waals surface area (Å²) in [5.74, 6) is 0.521. The van der Waals surface area contributed by atoms with E-state index < -0.39 is 0 Å². The Morgan fingerprint density at radius 1 is 1.29 bits per heavy atom. The Balaban J connectivity index is 1.71. The number of nitrogens with two attached hydrogens (primary N) is 2. The molecule has 0 fully saturated rings. The molecule has 1 amide bonds. The van der Waals surface area contributed by atoms with Gasteiger partial charge in [0.05, 0.1) is 11.4 Å². The molecule has 4 N–H and O–H groups in total.